The van der Waals surface area contributed by atoms with E-state index in [0.29, 0.717) is 18.3 Å². The number of aromatic nitrogens is 1. The predicted octanol–water partition coefficient (Wildman–Crippen LogP) is 1.63. The monoisotopic (exact) mass is 394 g/mol. The van der Waals surface area contributed by atoms with Crippen LogP contribution in [0.15, 0.2) is 21.7 Å². The van der Waals surface area contributed by atoms with Crippen LogP contribution in [-0.4, -0.2) is 53.0 Å². The first kappa shape index (κ1) is 17.3. The molecule has 0 aromatic carbocycles. The van der Waals surface area contributed by atoms with Crippen molar-refractivity contribution in [3.05, 3.63) is 22.3 Å². The van der Waals surface area contributed by atoms with E-state index in [2.05, 4.69) is 46.6 Å². The van der Waals surface area contributed by atoms with E-state index < -0.39 is 5.41 Å². The highest BCUT2D eigenvalue weighted by Gasteiger charge is 2.31. The third-order valence-electron chi connectivity index (χ3n) is 4.03. The topological polar surface area (TPSA) is 72.9 Å². The molecule has 2 aliphatic heterocycles. The van der Waals surface area contributed by atoms with Crippen LogP contribution < -0.4 is 10.6 Å². The van der Waals surface area contributed by atoms with Gasteiger partial charge >= 0.3 is 0 Å². The van der Waals surface area contributed by atoms with Crippen molar-refractivity contribution in [1.82, 2.24) is 25.6 Å². The predicted molar refractivity (Wildman–Crippen MR) is 96.6 cm³/mol. The maximum Gasteiger partial charge on any atom is 0.232 e. The first-order valence-corrected chi connectivity index (χ1v) is 8.91. The van der Waals surface area contributed by atoms with Crippen LogP contribution in [0, 0.1) is 5.41 Å². The third-order valence-corrected chi connectivity index (χ3v) is 4.46. The number of guanidine groups is 1. The van der Waals surface area contributed by atoms with Crippen LogP contribution in [-0.2, 0) is 11.3 Å². The number of hydrogen-bond donors (Lipinski definition) is 2. The molecule has 0 bridgehead atoms. The summed E-state index contributed by atoms with van der Waals surface area (Å²) >= 11 is 3.47. The summed E-state index contributed by atoms with van der Waals surface area (Å²) in [5.41, 5.74) is 0.557. The Hall–Kier alpha value is -1.51. The fourth-order valence-electron chi connectivity index (χ4n) is 2.60. The Kier molecular flexibility index (Phi) is 4.89. The van der Waals surface area contributed by atoms with Gasteiger partial charge in [0, 0.05) is 47.8 Å². The number of carbonyl (C=O) groups is 1. The molecule has 3 rings (SSSR count). The molecular formula is C16H23BrN6O. The van der Waals surface area contributed by atoms with Crippen LogP contribution in [0.2, 0.25) is 0 Å². The Labute approximate surface area is 150 Å². The van der Waals surface area contributed by atoms with Gasteiger partial charge in [0.05, 0.1) is 6.54 Å². The summed E-state index contributed by atoms with van der Waals surface area (Å²) in [4.78, 5) is 21.4. The Morgan fingerprint density at radius 3 is 2.71 bits per heavy atom. The summed E-state index contributed by atoms with van der Waals surface area (Å²) in [5, 5.41) is 10.6. The third kappa shape index (κ3) is 3.76. The number of aliphatic imine (C=N–C) groups is 1. The van der Waals surface area contributed by atoms with E-state index in [1.165, 1.54) is 0 Å². The van der Waals surface area contributed by atoms with E-state index in [1.807, 2.05) is 26.8 Å². The first-order valence-electron chi connectivity index (χ1n) is 8.12. The molecule has 0 atom stereocenters. The molecular weight excluding hydrogens is 372 g/mol. The van der Waals surface area contributed by atoms with Gasteiger partial charge in [0.15, 0.2) is 5.82 Å². The minimum Gasteiger partial charge on any atom is -0.314 e. The highest BCUT2D eigenvalue weighted by Crippen LogP contribution is 2.27. The molecule has 0 aliphatic carbocycles. The number of amides is 1. The van der Waals surface area contributed by atoms with Crippen molar-refractivity contribution in [3.63, 3.8) is 0 Å². The van der Waals surface area contributed by atoms with Gasteiger partial charge in [-0.3, -0.25) is 15.1 Å². The van der Waals surface area contributed by atoms with E-state index in [4.69, 9.17) is 0 Å². The second kappa shape index (κ2) is 6.78. The van der Waals surface area contributed by atoms with Crippen molar-refractivity contribution in [2.45, 2.75) is 27.3 Å². The average Bonchev–Trinajstić information content (AvgIpc) is 2.54. The number of hydrogen-bond acceptors (Lipinski definition) is 6. The summed E-state index contributed by atoms with van der Waals surface area (Å²) in [6.45, 7) is 9.91. The summed E-state index contributed by atoms with van der Waals surface area (Å²) in [6, 6.07) is 2.03. The zero-order chi connectivity index (χ0) is 17.3. The second-order valence-corrected chi connectivity index (χ2v) is 7.95. The van der Waals surface area contributed by atoms with Crippen LogP contribution >= 0.6 is 15.9 Å². The van der Waals surface area contributed by atoms with Crippen molar-refractivity contribution in [3.8, 4) is 0 Å². The maximum atomic E-state index is 12.4. The maximum absolute atomic E-state index is 12.4. The van der Waals surface area contributed by atoms with Crippen molar-refractivity contribution in [2.24, 2.45) is 10.4 Å². The number of carbonyl (C=O) groups excluding carboxylic acids is 1. The molecule has 130 valence electrons. The molecule has 2 aliphatic rings. The number of hydrazine groups is 1. The quantitative estimate of drug-likeness (QED) is 0.757. The molecule has 1 saturated heterocycles. The van der Waals surface area contributed by atoms with Gasteiger partial charge in [-0.05, 0) is 22.0 Å². The van der Waals surface area contributed by atoms with E-state index in [0.717, 1.165) is 36.2 Å². The molecule has 0 radical (unpaired) electrons. The molecule has 8 heteroatoms. The first-order chi connectivity index (χ1) is 11.3. The van der Waals surface area contributed by atoms with Crippen LogP contribution in [0.5, 0.6) is 0 Å². The number of nitrogens with zero attached hydrogens (tertiary/aromatic N) is 4. The zero-order valence-electron chi connectivity index (χ0n) is 14.3. The Morgan fingerprint density at radius 1 is 1.33 bits per heavy atom. The number of rotatable bonds is 1. The average molecular weight is 395 g/mol. The van der Waals surface area contributed by atoms with Crippen LogP contribution in [0.1, 0.15) is 26.3 Å². The smallest absolute Gasteiger partial charge is 0.232 e. The summed E-state index contributed by atoms with van der Waals surface area (Å²) in [6.07, 6.45) is 1.73. The largest absolute Gasteiger partial charge is 0.314 e. The minimum atomic E-state index is -0.481. The van der Waals surface area contributed by atoms with Crippen LogP contribution in [0.3, 0.4) is 0 Å². The molecule has 0 unspecified atom stereocenters. The van der Waals surface area contributed by atoms with Crippen LogP contribution in [0.4, 0.5) is 5.82 Å². The van der Waals surface area contributed by atoms with Gasteiger partial charge in [-0.2, -0.15) is 4.99 Å². The second-order valence-electron chi connectivity index (χ2n) is 7.04. The highest BCUT2D eigenvalue weighted by molar-refractivity contribution is 9.10. The molecule has 1 amide bonds. The number of piperazine rings is 1. The van der Waals surface area contributed by atoms with Gasteiger partial charge < -0.3 is 5.32 Å². The van der Waals surface area contributed by atoms with Gasteiger partial charge in [0.1, 0.15) is 0 Å². The fraction of sp³-hybridized carbons (Fsp3) is 0.562. The SMILES string of the molecule is CC(C)(C)C(=O)NC1=Nc2ncc(Br)cc2CN1N1CCNCC1. The molecule has 2 N–H and O–H groups in total. The van der Waals surface area contributed by atoms with Gasteiger partial charge in [-0.15, -0.1) is 0 Å². The van der Waals surface area contributed by atoms with Gasteiger partial charge in [-0.1, -0.05) is 20.8 Å². The molecule has 7 nitrogen and oxygen atoms in total. The van der Waals surface area contributed by atoms with Crippen molar-refractivity contribution in [1.29, 1.82) is 0 Å². The minimum absolute atomic E-state index is 0.0538. The summed E-state index contributed by atoms with van der Waals surface area (Å²) < 4.78 is 0.930. The van der Waals surface area contributed by atoms with E-state index in [-0.39, 0.29) is 5.91 Å². The normalized spacial score (nSPS) is 18.8. The molecule has 0 spiro atoms. The fourth-order valence-corrected chi connectivity index (χ4v) is 2.97. The van der Waals surface area contributed by atoms with E-state index >= 15 is 0 Å². The Balaban J connectivity index is 1.92. The van der Waals surface area contributed by atoms with Crippen molar-refractivity contribution < 1.29 is 4.79 Å². The number of halogens is 1. The Bertz CT molecular complexity index is 663. The number of fused-ring (bicyclic) bond motifs is 1. The standard InChI is InChI=1S/C16H23BrN6O/c1-16(2,3)14(24)21-15-20-13-11(8-12(17)9-19-13)10-23(15)22-6-4-18-5-7-22/h8-9,18H,4-7,10H2,1-3H3,(H,19,20,21,24). The molecule has 24 heavy (non-hydrogen) atoms. The summed E-state index contributed by atoms with van der Waals surface area (Å²) in [7, 11) is 0. The summed E-state index contributed by atoms with van der Waals surface area (Å²) in [5.74, 6) is 1.16. The molecule has 1 fully saturated rings. The van der Waals surface area contributed by atoms with Crippen molar-refractivity contribution >= 4 is 33.6 Å². The molecule has 3 heterocycles. The number of pyridine rings is 1. The van der Waals surface area contributed by atoms with Crippen molar-refractivity contribution in [2.75, 3.05) is 26.2 Å². The molecule has 1 aromatic heterocycles. The van der Waals surface area contributed by atoms with Gasteiger partial charge in [-0.25, -0.2) is 9.99 Å². The Morgan fingerprint density at radius 2 is 2.04 bits per heavy atom. The zero-order valence-corrected chi connectivity index (χ0v) is 15.9. The highest BCUT2D eigenvalue weighted by atomic mass is 79.9. The van der Waals surface area contributed by atoms with Gasteiger partial charge in [0.2, 0.25) is 11.9 Å². The lowest BCUT2D eigenvalue weighted by molar-refractivity contribution is -0.127. The van der Waals surface area contributed by atoms with E-state index in [9.17, 15) is 4.79 Å². The lowest BCUT2D eigenvalue weighted by Crippen LogP contribution is -2.59. The molecule has 0 saturated carbocycles. The lowest BCUT2D eigenvalue weighted by Gasteiger charge is -2.41. The molecule has 1 aromatic rings. The van der Waals surface area contributed by atoms with E-state index in [1.54, 1.807) is 6.20 Å². The lowest BCUT2D eigenvalue weighted by atomic mass is 9.96. The number of nitrogens with one attached hydrogen (secondary N) is 2. The van der Waals surface area contributed by atoms with Crippen LogP contribution in [0.25, 0.3) is 0 Å². The van der Waals surface area contributed by atoms with Gasteiger partial charge in [0.25, 0.3) is 0 Å².